The predicted octanol–water partition coefficient (Wildman–Crippen LogP) is 4.74. The maximum Gasteiger partial charge on any atom is 0.303 e. The van der Waals surface area contributed by atoms with Crippen LogP contribution in [0.25, 0.3) is 5.57 Å². The molecule has 1 N–H and O–H groups in total. The van der Waals surface area contributed by atoms with E-state index in [1.807, 2.05) is 6.21 Å². The van der Waals surface area contributed by atoms with Crippen LogP contribution in [0.4, 0.5) is 0 Å². The normalized spacial score (nSPS) is 29.6. The van der Waals surface area contributed by atoms with Crippen LogP contribution in [0.1, 0.15) is 56.9 Å². The molecule has 0 atom stereocenters. The second-order valence-electron chi connectivity index (χ2n) is 8.39. The van der Waals surface area contributed by atoms with Crippen LogP contribution in [-0.2, 0) is 4.79 Å². The van der Waals surface area contributed by atoms with Gasteiger partial charge < -0.3 is 9.84 Å². The number of hydrogen-bond acceptors (Lipinski definition) is 3. The van der Waals surface area contributed by atoms with Crippen molar-refractivity contribution < 1.29 is 14.6 Å². The number of benzene rings is 1. The van der Waals surface area contributed by atoms with Gasteiger partial charge in [-0.25, -0.2) is 0 Å². The first kappa shape index (κ1) is 17.3. The number of fused-ring (bicyclic) bond motifs is 3. The number of ether oxygens (including phenoxy) is 1. The summed E-state index contributed by atoms with van der Waals surface area (Å²) in [6.07, 6.45) is 12.1. The molecule has 1 aliphatic heterocycles. The van der Waals surface area contributed by atoms with Gasteiger partial charge in [-0.15, -0.1) is 0 Å². The van der Waals surface area contributed by atoms with Gasteiger partial charge >= 0.3 is 5.97 Å². The van der Waals surface area contributed by atoms with E-state index in [4.69, 9.17) is 9.84 Å². The van der Waals surface area contributed by atoms with Gasteiger partial charge in [0.15, 0.2) is 0 Å². The summed E-state index contributed by atoms with van der Waals surface area (Å²) >= 11 is 0. The van der Waals surface area contributed by atoms with Crippen LogP contribution in [0.15, 0.2) is 35.3 Å². The van der Waals surface area contributed by atoms with E-state index < -0.39 is 5.97 Å². The Morgan fingerprint density at radius 2 is 1.69 bits per heavy atom. The fraction of sp³-hybridized carbons (Fsp3) is 0.545. The third-order valence-corrected chi connectivity index (χ3v) is 6.84. The summed E-state index contributed by atoms with van der Waals surface area (Å²) in [5, 5.41) is 8.99. The molecule has 3 saturated carbocycles. The lowest BCUT2D eigenvalue weighted by atomic mass is 9.53. The highest BCUT2D eigenvalue weighted by molar-refractivity contribution is 5.89. The van der Waals surface area contributed by atoms with Crippen molar-refractivity contribution in [3.05, 3.63) is 35.9 Å². The molecule has 4 aliphatic rings. The molecule has 4 nitrogen and oxygen atoms in total. The van der Waals surface area contributed by atoms with Gasteiger partial charge in [0.1, 0.15) is 5.75 Å². The minimum Gasteiger partial charge on any atom is -0.493 e. The predicted molar refractivity (Wildman–Crippen MR) is 103 cm³/mol. The van der Waals surface area contributed by atoms with Crippen LogP contribution in [0, 0.1) is 10.8 Å². The van der Waals surface area contributed by atoms with E-state index in [0.29, 0.717) is 17.3 Å². The standard InChI is InChI=1S/C22H27NO3/c24-20(25)5-7-21-8-11-22(12-9-21,13-10-21)16-26-19-3-1-17(2-4-19)18-6-14-23-15-18/h1-4,6,14H,5,7-13,15-16H2,(H,24,25). The molecule has 5 rings (SSSR count). The molecule has 0 aromatic heterocycles. The third-order valence-electron chi connectivity index (χ3n) is 6.84. The maximum atomic E-state index is 10.9. The second-order valence-corrected chi connectivity index (χ2v) is 8.39. The Bertz CT molecular complexity index is 708. The number of allylic oxidation sites excluding steroid dienone is 1. The Morgan fingerprint density at radius 3 is 2.27 bits per heavy atom. The Labute approximate surface area is 155 Å². The van der Waals surface area contributed by atoms with Crippen molar-refractivity contribution in [3.63, 3.8) is 0 Å². The highest BCUT2D eigenvalue weighted by Crippen LogP contribution is 2.58. The molecule has 0 radical (unpaired) electrons. The smallest absolute Gasteiger partial charge is 0.303 e. The maximum absolute atomic E-state index is 10.9. The minimum absolute atomic E-state index is 0.291. The Morgan fingerprint density at radius 1 is 1.04 bits per heavy atom. The van der Waals surface area contributed by atoms with Crippen LogP contribution in [0.3, 0.4) is 0 Å². The van der Waals surface area contributed by atoms with Crippen molar-refractivity contribution in [1.29, 1.82) is 0 Å². The molecule has 0 unspecified atom stereocenters. The summed E-state index contributed by atoms with van der Waals surface area (Å²) in [7, 11) is 0. The van der Waals surface area contributed by atoms with Crippen molar-refractivity contribution in [2.75, 3.05) is 13.2 Å². The van der Waals surface area contributed by atoms with Crippen LogP contribution in [-0.4, -0.2) is 30.4 Å². The van der Waals surface area contributed by atoms with Crippen LogP contribution in [0.2, 0.25) is 0 Å². The molecular formula is C22H27NO3. The molecule has 26 heavy (non-hydrogen) atoms. The number of carboxylic acid groups (broad SMARTS) is 1. The van der Waals surface area contributed by atoms with Gasteiger partial charge in [-0.1, -0.05) is 12.1 Å². The number of hydrogen-bond donors (Lipinski definition) is 1. The number of aliphatic imine (C=N–C) groups is 1. The summed E-state index contributed by atoms with van der Waals surface area (Å²) in [5.74, 6) is 0.282. The van der Waals surface area contributed by atoms with E-state index in [1.54, 1.807) is 0 Å². The van der Waals surface area contributed by atoms with Gasteiger partial charge in [-0.05, 0) is 79.7 Å². The fourth-order valence-electron chi connectivity index (χ4n) is 4.84. The molecule has 3 aliphatic carbocycles. The Balaban J connectivity index is 1.31. The SMILES string of the molecule is O=C(O)CCC12CCC(COc3ccc(C4=CC=NC4)cc3)(CC1)CC2. The average Bonchev–Trinajstić information content (AvgIpc) is 3.22. The van der Waals surface area contributed by atoms with Crippen molar-refractivity contribution >= 4 is 17.8 Å². The lowest BCUT2D eigenvalue weighted by Crippen LogP contribution is -2.44. The number of carboxylic acids is 1. The number of rotatable bonds is 7. The molecule has 1 aromatic rings. The monoisotopic (exact) mass is 353 g/mol. The average molecular weight is 353 g/mol. The molecular weight excluding hydrogens is 326 g/mol. The van der Waals surface area contributed by atoms with Gasteiger partial charge in [-0.2, -0.15) is 0 Å². The summed E-state index contributed by atoms with van der Waals surface area (Å²) in [6, 6.07) is 8.36. The van der Waals surface area contributed by atoms with E-state index in [9.17, 15) is 4.79 Å². The third kappa shape index (κ3) is 3.55. The minimum atomic E-state index is -0.659. The van der Waals surface area contributed by atoms with Gasteiger partial charge in [0.25, 0.3) is 0 Å². The first-order valence-electron chi connectivity index (χ1n) is 9.72. The summed E-state index contributed by atoms with van der Waals surface area (Å²) in [5.41, 5.74) is 3.06. The molecule has 1 heterocycles. The van der Waals surface area contributed by atoms with E-state index in [-0.39, 0.29) is 0 Å². The van der Waals surface area contributed by atoms with Crippen molar-refractivity contribution in [3.8, 4) is 5.75 Å². The molecule has 2 bridgehead atoms. The summed E-state index contributed by atoms with van der Waals surface area (Å²) in [6.45, 7) is 1.56. The zero-order chi connectivity index (χ0) is 18.0. The molecule has 0 spiro atoms. The molecule has 0 amide bonds. The van der Waals surface area contributed by atoms with E-state index in [1.165, 1.54) is 30.4 Å². The number of carbonyl (C=O) groups is 1. The lowest BCUT2D eigenvalue weighted by Gasteiger charge is -2.53. The number of nitrogens with zero attached hydrogens (tertiary/aromatic N) is 1. The van der Waals surface area contributed by atoms with Gasteiger partial charge in [0.05, 0.1) is 13.2 Å². The highest BCUT2D eigenvalue weighted by Gasteiger charge is 2.48. The zero-order valence-corrected chi connectivity index (χ0v) is 15.2. The molecule has 1 aromatic carbocycles. The van der Waals surface area contributed by atoms with Crippen LogP contribution in [0.5, 0.6) is 5.75 Å². The van der Waals surface area contributed by atoms with E-state index in [2.05, 4.69) is 35.3 Å². The molecule has 138 valence electrons. The highest BCUT2D eigenvalue weighted by atomic mass is 16.5. The van der Waals surface area contributed by atoms with Crippen molar-refractivity contribution in [2.24, 2.45) is 15.8 Å². The zero-order valence-electron chi connectivity index (χ0n) is 15.2. The molecule has 0 saturated heterocycles. The number of aliphatic carboxylic acids is 1. The van der Waals surface area contributed by atoms with E-state index >= 15 is 0 Å². The van der Waals surface area contributed by atoms with Crippen molar-refractivity contribution in [2.45, 2.75) is 51.4 Å². The van der Waals surface area contributed by atoms with Crippen molar-refractivity contribution in [1.82, 2.24) is 0 Å². The lowest BCUT2D eigenvalue weighted by molar-refractivity contribution is -0.138. The van der Waals surface area contributed by atoms with Gasteiger partial charge in [-0.3, -0.25) is 9.79 Å². The molecule has 3 fully saturated rings. The Kier molecular flexibility index (Phi) is 4.60. The quantitative estimate of drug-likeness (QED) is 0.770. The fourth-order valence-corrected chi connectivity index (χ4v) is 4.84. The van der Waals surface area contributed by atoms with Crippen LogP contribution >= 0.6 is 0 Å². The topological polar surface area (TPSA) is 58.9 Å². The van der Waals surface area contributed by atoms with E-state index in [0.717, 1.165) is 44.6 Å². The second kappa shape index (κ2) is 6.90. The summed E-state index contributed by atoms with van der Waals surface area (Å²) in [4.78, 5) is 15.1. The summed E-state index contributed by atoms with van der Waals surface area (Å²) < 4.78 is 6.17. The largest absolute Gasteiger partial charge is 0.493 e. The first-order chi connectivity index (χ1) is 12.6. The Hall–Kier alpha value is -2.10. The van der Waals surface area contributed by atoms with Gasteiger partial charge in [0.2, 0.25) is 0 Å². The van der Waals surface area contributed by atoms with Gasteiger partial charge in [0, 0.05) is 18.1 Å². The first-order valence-corrected chi connectivity index (χ1v) is 9.72. The van der Waals surface area contributed by atoms with Crippen LogP contribution < -0.4 is 4.74 Å². The molecule has 4 heteroatoms.